The fourth-order valence-corrected chi connectivity index (χ4v) is 1.59. The SMILES string of the molecule is CCCC(C)OCCCOc1ccc(N)cc1. The standard InChI is InChI=1S/C14H23NO2/c1-3-5-12(2)16-10-4-11-17-14-8-6-13(15)7-9-14/h6-9,12H,3-5,10-11,15H2,1-2H3. The second kappa shape index (κ2) is 7.96. The molecule has 0 radical (unpaired) electrons. The van der Waals surface area contributed by atoms with E-state index < -0.39 is 0 Å². The molecule has 0 spiro atoms. The number of hydrogen-bond acceptors (Lipinski definition) is 3. The van der Waals surface area contributed by atoms with Crippen LogP contribution in [0.25, 0.3) is 0 Å². The maximum absolute atomic E-state index is 5.64. The van der Waals surface area contributed by atoms with E-state index in [2.05, 4.69) is 13.8 Å². The van der Waals surface area contributed by atoms with Gasteiger partial charge >= 0.3 is 0 Å². The summed E-state index contributed by atoms with van der Waals surface area (Å²) >= 11 is 0. The Balaban J connectivity index is 2.06. The van der Waals surface area contributed by atoms with Crippen LogP contribution in [0.3, 0.4) is 0 Å². The molecule has 0 heterocycles. The summed E-state index contributed by atoms with van der Waals surface area (Å²) in [6, 6.07) is 7.45. The first-order valence-corrected chi connectivity index (χ1v) is 6.32. The molecule has 1 aromatic rings. The van der Waals surface area contributed by atoms with Crippen molar-refractivity contribution in [3.63, 3.8) is 0 Å². The quantitative estimate of drug-likeness (QED) is 0.557. The molecule has 1 atom stereocenters. The predicted octanol–water partition coefficient (Wildman–Crippen LogP) is 3.24. The number of ether oxygens (including phenoxy) is 2. The van der Waals surface area contributed by atoms with Gasteiger partial charge in [0.25, 0.3) is 0 Å². The van der Waals surface area contributed by atoms with Crippen molar-refractivity contribution < 1.29 is 9.47 Å². The van der Waals surface area contributed by atoms with Gasteiger partial charge in [-0.15, -0.1) is 0 Å². The lowest BCUT2D eigenvalue weighted by molar-refractivity contribution is 0.0519. The lowest BCUT2D eigenvalue weighted by atomic mass is 10.2. The third kappa shape index (κ3) is 6.17. The van der Waals surface area contributed by atoms with Crippen molar-refractivity contribution in [1.82, 2.24) is 0 Å². The molecule has 0 bridgehead atoms. The molecule has 0 saturated carbocycles. The Morgan fingerprint density at radius 2 is 1.88 bits per heavy atom. The highest BCUT2D eigenvalue weighted by atomic mass is 16.5. The molecule has 0 aliphatic heterocycles. The van der Waals surface area contributed by atoms with Gasteiger partial charge in [-0.1, -0.05) is 13.3 Å². The van der Waals surface area contributed by atoms with E-state index in [4.69, 9.17) is 15.2 Å². The molecule has 3 heteroatoms. The highest BCUT2D eigenvalue weighted by molar-refractivity contribution is 5.41. The van der Waals surface area contributed by atoms with Gasteiger partial charge in [0, 0.05) is 12.1 Å². The smallest absolute Gasteiger partial charge is 0.119 e. The predicted molar refractivity (Wildman–Crippen MR) is 71.3 cm³/mol. The zero-order chi connectivity index (χ0) is 12.5. The lowest BCUT2D eigenvalue weighted by Gasteiger charge is -2.12. The van der Waals surface area contributed by atoms with Crippen LogP contribution in [0.5, 0.6) is 5.75 Å². The van der Waals surface area contributed by atoms with Crippen LogP contribution in [-0.4, -0.2) is 19.3 Å². The van der Waals surface area contributed by atoms with Gasteiger partial charge in [-0.05, 0) is 37.6 Å². The summed E-state index contributed by atoms with van der Waals surface area (Å²) in [5.74, 6) is 0.862. The van der Waals surface area contributed by atoms with Crippen molar-refractivity contribution in [3.8, 4) is 5.75 Å². The van der Waals surface area contributed by atoms with Gasteiger partial charge in [0.15, 0.2) is 0 Å². The van der Waals surface area contributed by atoms with Gasteiger partial charge in [0.1, 0.15) is 5.75 Å². The van der Waals surface area contributed by atoms with E-state index >= 15 is 0 Å². The van der Waals surface area contributed by atoms with Crippen molar-refractivity contribution in [2.75, 3.05) is 18.9 Å². The van der Waals surface area contributed by atoms with Crippen LogP contribution in [0.2, 0.25) is 0 Å². The Kier molecular flexibility index (Phi) is 6.48. The van der Waals surface area contributed by atoms with E-state index in [1.54, 1.807) is 0 Å². The monoisotopic (exact) mass is 237 g/mol. The van der Waals surface area contributed by atoms with E-state index in [9.17, 15) is 0 Å². The first kappa shape index (κ1) is 13.8. The zero-order valence-corrected chi connectivity index (χ0v) is 10.8. The molecule has 0 fully saturated rings. The molecule has 2 N–H and O–H groups in total. The number of anilines is 1. The number of rotatable bonds is 8. The number of benzene rings is 1. The van der Waals surface area contributed by atoms with Gasteiger partial charge in [0.2, 0.25) is 0 Å². The van der Waals surface area contributed by atoms with Crippen molar-refractivity contribution in [2.45, 2.75) is 39.2 Å². The minimum Gasteiger partial charge on any atom is -0.494 e. The molecule has 0 amide bonds. The summed E-state index contributed by atoms with van der Waals surface area (Å²) in [6.45, 7) is 5.73. The zero-order valence-electron chi connectivity index (χ0n) is 10.8. The minimum absolute atomic E-state index is 0.358. The molecule has 1 aromatic carbocycles. The van der Waals surface area contributed by atoms with Gasteiger partial charge in [-0.25, -0.2) is 0 Å². The van der Waals surface area contributed by atoms with Crippen LogP contribution in [0.15, 0.2) is 24.3 Å². The second-order valence-electron chi connectivity index (χ2n) is 4.24. The number of hydrogen-bond donors (Lipinski definition) is 1. The maximum Gasteiger partial charge on any atom is 0.119 e. The Morgan fingerprint density at radius 1 is 1.18 bits per heavy atom. The van der Waals surface area contributed by atoms with E-state index in [1.165, 1.54) is 6.42 Å². The molecular weight excluding hydrogens is 214 g/mol. The number of nitrogen functional groups attached to an aromatic ring is 1. The van der Waals surface area contributed by atoms with Crippen molar-refractivity contribution >= 4 is 5.69 Å². The summed E-state index contributed by atoms with van der Waals surface area (Å²) in [5, 5.41) is 0. The number of nitrogens with two attached hydrogens (primary N) is 1. The molecule has 0 aromatic heterocycles. The summed E-state index contributed by atoms with van der Waals surface area (Å²) in [5.41, 5.74) is 6.35. The Hall–Kier alpha value is -1.22. The molecule has 1 rings (SSSR count). The summed E-state index contributed by atoms with van der Waals surface area (Å²) in [4.78, 5) is 0. The third-order valence-corrected chi connectivity index (χ3v) is 2.54. The van der Waals surface area contributed by atoms with Crippen molar-refractivity contribution in [3.05, 3.63) is 24.3 Å². The van der Waals surface area contributed by atoms with Crippen LogP contribution in [0.4, 0.5) is 5.69 Å². The minimum atomic E-state index is 0.358. The van der Waals surface area contributed by atoms with Crippen LogP contribution >= 0.6 is 0 Å². The molecule has 17 heavy (non-hydrogen) atoms. The summed E-state index contributed by atoms with van der Waals surface area (Å²) < 4.78 is 11.2. The van der Waals surface area contributed by atoms with Crippen molar-refractivity contribution in [1.29, 1.82) is 0 Å². The van der Waals surface area contributed by atoms with Gasteiger partial charge in [-0.2, -0.15) is 0 Å². The van der Waals surface area contributed by atoms with E-state index in [0.29, 0.717) is 12.7 Å². The normalized spacial score (nSPS) is 12.4. The average molecular weight is 237 g/mol. The molecule has 1 unspecified atom stereocenters. The third-order valence-electron chi connectivity index (χ3n) is 2.54. The van der Waals surface area contributed by atoms with E-state index in [1.807, 2.05) is 24.3 Å². The topological polar surface area (TPSA) is 44.5 Å². The molecular formula is C14H23NO2. The summed E-state index contributed by atoms with van der Waals surface area (Å²) in [6.07, 6.45) is 3.57. The maximum atomic E-state index is 5.64. The first-order valence-electron chi connectivity index (χ1n) is 6.32. The van der Waals surface area contributed by atoms with Gasteiger partial charge in [-0.3, -0.25) is 0 Å². The second-order valence-corrected chi connectivity index (χ2v) is 4.24. The highest BCUT2D eigenvalue weighted by Gasteiger charge is 2.00. The largest absolute Gasteiger partial charge is 0.494 e. The molecule has 96 valence electrons. The highest BCUT2D eigenvalue weighted by Crippen LogP contribution is 2.13. The first-order chi connectivity index (χ1) is 8.22. The molecule has 0 aliphatic carbocycles. The van der Waals surface area contributed by atoms with Gasteiger partial charge < -0.3 is 15.2 Å². The molecule has 0 saturated heterocycles. The average Bonchev–Trinajstić information content (AvgIpc) is 2.31. The molecule has 0 aliphatic rings. The Labute approximate surface area is 104 Å². The Morgan fingerprint density at radius 3 is 2.53 bits per heavy atom. The van der Waals surface area contributed by atoms with E-state index in [-0.39, 0.29) is 0 Å². The fraction of sp³-hybridized carbons (Fsp3) is 0.571. The Bertz CT molecular complexity index is 298. The summed E-state index contributed by atoms with van der Waals surface area (Å²) in [7, 11) is 0. The van der Waals surface area contributed by atoms with E-state index in [0.717, 1.165) is 30.9 Å². The fourth-order valence-electron chi connectivity index (χ4n) is 1.59. The van der Waals surface area contributed by atoms with Crippen LogP contribution in [-0.2, 0) is 4.74 Å². The van der Waals surface area contributed by atoms with Gasteiger partial charge in [0.05, 0.1) is 19.3 Å². The lowest BCUT2D eigenvalue weighted by Crippen LogP contribution is -2.11. The van der Waals surface area contributed by atoms with Crippen molar-refractivity contribution in [2.24, 2.45) is 0 Å². The van der Waals surface area contributed by atoms with Crippen LogP contribution < -0.4 is 10.5 Å². The molecule has 3 nitrogen and oxygen atoms in total. The van der Waals surface area contributed by atoms with Crippen LogP contribution in [0, 0.1) is 0 Å². The van der Waals surface area contributed by atoms with Crippen LogP contribution in [0.1, 0.15) is 33.1 Å².